The number of alkyl carbamates (subject to hydrolysis) is 1. The summed E-state index contributed by atoms with van der Waals surface area (Å²) >= 11 is 0. The third-order valence-electron chi connectivity index (χ3n) is 14.4. The number of hydrogen-bond acceptors (Lipinski definition) is 24. The Morgan fingerprint density at radius 1 is 0.783 bits per heavy atom. The van der Waals surface area contributed by atoms with Gasteiger partial charge in [-0.3, -0.25) is 71.2 Å². The van der Waals surface area contributed by atoms with Crippen molar-refractivity contribution in [1.29, 1.82) is 0 Å². The Kier molecular flexibility index (Phi) is 18.0. The SMILES string of the molecule is CC(C)[C@H](CC(=O)CCCCCN1C(=O)C=CC1=O)C(=O)N[C@@H](C)C(=O)Cc1ccc(COC(=O)N[C@H]2C3OP(C)(=O)OC[C@H]4O[C@@H](n5cnc6c(=O)[nH]c(N)nc65)[C@@H](O)C4OP(C)(=O)OC[C@H]3O[C@H]2n2cnc3c(=O)[nH]c(N)nc32)cc1. The topological polar surface area (TPSA) is 428 Å². The molecule has 1 aromatic carbocycles. The molecule has 3 saturated heterocycles. The molecule has 0 spiro atoms. The highest BCUT2D eigenvalue weighted by molar-refractivity contribution is 7.53. The first kappa shape index (κ1) is 60.3. The number of carbonyl (C=O) groups excluding carboxylic acids is 6. The number of ether oxygens (including phenoxy) is 3. The number of hydrogen-bond donors (Lipinski definition) is 7. The lowest BCUT2D eigenvalue weighted by Crippen LogP contribution is -2.48. The fourth-order valence-corrected chi connectivity index (χ4v) is 12.4. The van der Waals surface area contributed by atoms with Gasteiger partial charge in [-0.15, -0.1) is 0 Å². The molecule has 4 aliphatic heterocycles. The Morgan fingerprint density at radius 2 is 1.33 bits per heavy atom. The summed E-state index contributed by atoms with van der Waals surface area (Å²) in [6.45, 7) is 6.16. The van der Waals surface area contributed by atoms with E-state index in [2.05, 4.69) is 40.5 Å². The monoisotopic (exact) mass is 1200 g/mol. The Hall–Kier alpha value is -7.34. The number of aromatic nitrogens is 8. The first-order chi connectivity index (χ1) is 39.3. The number of unbranched alkanes of at least 4 members (excludes halogenated alkanes) is 2. The van der Waals surface area contributed by atoms with Gasteiger partial charge < -0.3 is 55.0 Å². The molecule has 5 aromatic rings. The molecule has 9 rings (SSSR count). The zero-order chi connectivity index (χ0) is 59.7. The zero-order valence-electron chi connectivity index (χ0n) is 45.6. The number of H-pyrrole nitrogens is 2. The van der Waals surface area contributed by atoms with Gasteiger partial charge in [-0.05, 0) is 36.8 Å². The highest BCUT2D eigenvalue weighted by Gasteiger charge is 2.54. The van der Waals surface area contributed by atoms with Gasteiger partial charge in [0.2, 0.25) is 17.8 Å². The standard InChI is InChI=1S/C50H63N13O18P2/c1-24(2)29(18-28(64)9-7-6-8-16-61-33(66)14-15-34(61)67)43(69)55-25(3)30(65)17-26-10-12-27(13-11-26)19-75-50(72)56-35-39-31(78-46(35)62-22-53-36-41(62)57-48(51)59-44(36)70)20-76-83(5,74)81-40-32(21-77-82(4,73)80-39)79-47(38(40)68)63-23-54-37-42(63)58-49(52)60-45(37)71/h10-15,22-25,29,31-32,35,38-40,46-47,68H,6-9,16-21H2,1-5H3,(H,55,69)(H,56,72)(H3,51,57,59,70)(H3,52,58,60,71)/t25-,29-,31+,32+,35-,38-,39?,40?,46+,47+,82?,83?/m0/s1. The summed E-state index contributed by atoms with van der Waals surface area (Å²) in [7, 11) is -8.54. The second kappa shape index (κ2) is 24.9. The molecule has 83 heavy (non-hydrogen) atoms. The van der Waals surface area contributed by atoms with E-state index in [0.717, 1.165) is 18.2 Å². The number of nitrogens with one attached hydrogen (secondary N) is 4. The highest BCUT2D eigenvalue weighted by atomic mass is 31.2. The molecular formula is C50H63N13O18P2. The van der Waals surface area contributed by atoms with E-state index in [1.165, 1.54) is 33.9 Å². The fourth-order valence-electron chi connectivity index (χ4n) is 10.0. The van der Waals surface area contributed by atoms with Gasteiger partial charge in [-0.2, -0.15) is 9.97 Å². The second-order valence-corrected chi connectivity index (χ2v) is 25.0. The van der Waals surface area contributed by atoms with Crippen molar-refractivity contribution in [1.82, 2.24) is 54.6 Å². The number of carbonyl (C=O) groups is 6. The van der Waals surface area contributed by atoms with Crippen molar-refractivity contribution in [2.75, 3.05) is 44.6 Å². The van der Waals surface area contributed by atoms with Gasteiger partial charge in [0.15, 0.2) is 40.6 Å². The molecule has 4 amide bonds. The number of nitrogens with zero attached hydrogens (tertiary/aromatic N) is 7. The number of rotatable bonds is 19. The van der Waals surface area contributed by atoms with Gasteiger partial charge in [0.05, 0.1) is 31.9 Å². The minimum absolute atomic E-state index is 0.00950. The molecule has 0 bridgehead atoms. The molecule has 9 N–H and O–H groups in total. The largest absolute Gasteiger partial charge is 0.445 e. The summed E-state index contributed by atoms with van der Waals surface area (Å²) in [5.41, 5.74) is 11.0. The van der Waals surface area contributed by atoms with E-state index in [0.29, 0.717) is 30.4 Å². The van der Waals surface area contributed by atoms with Crippen molar-refractivity contribution in [2.24, 2.45) is 11.8 Å². The highest BCUT2D eigenvalue weighted by Crippen LogP contribution is 2.54. The normalized spacial score (nSPS) is 27.2. The van der Waals surface area contributed by atoms with E-state index in [1.807, 2.05) is 13.8 Å². The second-order valence-electron chi connectivity index (χ2n) is 20.9. The number of fused-ring (bicyclic) bond motifs is 4. The lowest BCUT2D eigenvalue weighted by atomic mass is 9.88. The molecule has 8 heterocycles. The van der Waals surface area contributed by atoms with Crippen LogP contribution in [0.5, 0.6) is 0 Å². The number of anilines is 2. The maximum absolute atomic E-state index is 14.4. The Morgan fingerprint density at radius 3 is 1.92 bits per heavy atom. The van der Waals surface area contributed by atoms with Crippen LogP contribution in [-0.2, 0) is 78.4 Å². The average molecular weight is 1200 g/mol. The number of aliphatic hydroxyl groups is 1. The summed E-state index contributed by atoms with van der Waals surface area (Å²) in [6.07, 6.45) is -4.46. The predicted octanol–water partition coefficient (Wildman–Crippen LogP) is 1.66. The quantitative estimate of drug-likeness (QED) is 0.0351. The Bertz CT molecular complexity index is 3550. The van der Waals surface area contributed by atoms with Gasteiger partial charge in [0.25, 0.3) is 22.9 Å². The van der Waals surface area contributed by atoms with Crippen LogP contribution in [0.25, 0.3) is 22.3 Å². The lowest BCUT2D eigenvalue weighted by molar-refractivity contribution is -0.137. The number of aliphatic hydroxyl groups excluding tert-OH is 1. The minimum atomic E-state index is -4.30. The van der Waals surface area contributed by atoms with Gasteiger partial charge in [0, 0.05) is 57.2 Å². The first-order valence-electron chi connectivity index (χ1n) is 26.5. The fraction of sp³-hybridized carbons (Fsp3) is 0.520. The zero-order valence-corrected chi connectivity index (χ0v) is 47.4. The lowest BCUT2D eigenvalue weighted by Gasteiger charge is -2.30. The van der Waals surface area contributed by atoms with Crippen LogP contribution in [0.2, 0.25) is 0 Å². The van der Waals surface area contributed by atoms with E-state index in [-0.39, 0.29) is 95.9 Å². The first-order valence-corrected chi connectivity index (χ1v) is 30.5. The Balaban J connectivity index is 0.835. The maximum Gasteiger partial charge on any atom is 0.407 e. The number of amides is 4. The number of nitrogens with two attached hydrogens (primary N) is 2. The number of imidazole rings is 2. The van der Waals surface area contributed by atoms with Crippen LogP contribution in [0.4, 0.5) is 16.7 Å². The van der Waals surface area contributed by atoms with E-state index in [4.69, 9.17) is 43.8 Å². The van der Waals surface area contributed by atoms with Crippen LogP contribution < -0.4 is 33.2 Å². The van der Waals surface area contributed by atoms with Crippen molar-refractivity contribution in [3.8, 4) is 0 Å². The average Bonchev–Trinajstić information content (AvgIpc) is 3.74. The van der Waals surface area contributed by atoms with Gasteiger partial charge in [0.1, 0.15) is 49.0 Å². The van der Waals surface area contributed by atoms with Gasteiger partial charge in [-0.25, -0.2) is 14.8 Å². The van der Waals surface area contributed by atoms with Crippen molar-refractivity contribution < 1.29 is 75.3 Å². The van der Waals surface area contributed by atoms with E-state index in [9.17, 15) is 52.6 Å². The smallest absolute Gasteiger partial charge is 0.407 e. The van der Waals surface area contributed by atoms with Crippen LogP contribution in [0.1, 0.15) is 76.5 Å². The molecule has 0 aliphatic carbocycles. The molecule has 3 fully saturated rings. The predicted molar refractivity (Wildman–Crippen MR) is 290 cm³/mol. The van der Waals surface area contributed by atoms with Crippen molar-refractivity contribution in [2.45, 2.75) is 121 Å². The molecule has 4 aromatic heterocycles. The van der Waals surface area contributed by atoms with E-state index >= 15 is 0 Å². The van der Waals surface area contributed by atoms with E-state index in [1.54, 1.807) is 31.2 Å². The van der Waals surface area contributed by atoms with Crippen LogP contribution in [0.3, 0.4) is 0 Å². The molecule has 4 unspecified atom stereocenters. The van der Waals surface area contributed by atoms with Crippen molar-refractivity contribution in [3.63, 3.8) is 0 Å². The molecule has 0 radical (unpaired) electrons. The molecule has 446 valence electrons. The number of benzene rings is 1. The molecule has 4 aliphatic rings. The number of imide groups is 1. The third-order valence-corrected chi connectivity index (χ3v) is 16.9. The third kappa shape index (κ3) is 13.9. The Labute approximate surface area is 471 Å². The number of Topliss-reactive ketones (excluding diaryl/α,β-unsaturated/α-hetero) is 2. The van der Waals surface area contributed by atoms with Crippen molar-refractivity contribution in [3.05, 3.63) is 80.9 Å². The van der Waals surface area contributed by atoms with Crippen LogP contribution in [0, 0.1) is 11.8 Å². The molecule has 12 atom stereocenters. The van der Waals surface area contributed by atoms with Gasteiger partial charge in [-0.1, -0.05) is 44.5 Å². The molecule has 33 heteroatoms. The summed E-state index contributed by atoms with van der Waals surface area (Å²) < 4.78 is 73.1. The van der Waals surface area contributed by atoms with Crippen LogP contribution in [0.15, 0.2) is 58.7 Å². The number of nitrogen functional groups attached to an aromatic ring is 2. The van der Waals surface area contributed by atoms with Crippen molar-refractivity contribution >= 4 is 84.8 Å². The van der Waals surface area contributed by atoms with Gasteiger partial charge >= 0.3 is 21.3 Å². The minimum Gasteiger partial charge on any atom is -0.445 e. The molecular weight excluding hydrogens is 1130 g/mol. The van der Waals surface area contributed by atoms with Crippen LogP contribution >= 0.6 is 15.2 Å². The number of ketones is 2. The number of aromatic amines is 2. The summed E-state index contributed by atoms with van der Waals surface area (Å²) in [5, 5.41) is 17.1. The molecule has 0 saturated carbocycles. The summed E-state index contributed by atoms with van der Waals surface area (Å²) in [5.74, 6) is -2.97. The summed E-state index contributed by atoms with van der Waals surface area (Å²) in [6, 6.07) is 4.25. The molecule has 31 nitrogen and oxygen atoms in total. The summed E-state index contributed by atoms with van der Waals surface area (Å²) in [4.78, 5) is 125. The maximum atomic E-state index is 14.4. The van der Waals surface area contributed by atoms with E-state index < -0.39 is 113 Å². The van der Waals surface area contributed by atoms with Crippen LogP contribution in [-0.4, -0.2) is 160 Å².